The molecule has 0 fully saturated rings. The van der Waals surface area contributed by atoms with Crippen LogP contribution in [0, 0.1) is 0 Å². The highest BCUT2D eigenvalue weighted by Gasteiger charge is 2.09. The molecule has 0 radical (unpaired) electrons. The summed E-state index contributed by atoms with van der Waals surface area (Å²) in [5.74, 6) is -0.923. The molecule has 0 saturated heterocycles. The van der Waals surface area contributed by atoms with Crippen molar-refractivity contribution < 1.29 is 38.5 Å². The highest BCUT2D eigenvalue weighted by molar-refractivity contribution is 5.92. The summed E-state index contributed by atoms with van der Waals surface area (Å²) >= 11 is 0. The number of esters is 1. The number of benzene rings is 2. The van der Waals surface area contributed by atoms with E-state index in [-0.39, 0.29) is 30.1 Å². The van der Waals surface area contributed by atoms with Crippen molar-refractivity contribution in [1.82, 2.24) is 0 Å². The number of ether oxygens (including phenoxy) is 1. The Hall–Kier alpha value is -4.04. The first-order valence-electron chi connectivity index (χ1n) is 8.66. The van der Waals surface area contributed by atoms with Crippen LogP contribution >= 0.6 is 0 Å². The predicted molar refractivity (Wildman–Crippen MR) is 104 cm³/mol. The summed E-state index contributed by atoms with van der Waals surface area (Å²) in [7, 11) is 0. The van der Waals surface area contributed by atoms with E-state index in [9.17, 15) is 19.2 Å². The zero-order valence-corrected chi connectivity index (χ0v) is 15.7. The van der Waals surface area contributed by atoms with Gasteiger partial charge in [-0.15, -0.1) is 0 Å². The number of aldehydes is 2. The Morgan fingerprint density at radius 1 is 0.867 bits per heavy atom. The molecule has 2 N–H and O–H groups in total. The zero-order valence-electron chi connectivity index (χ0n) is 15.7. The Bertz CT molecular complexity index is 1000. The fourth-order valence-corrected chi connectivity index (χ4v) is 2.22. The first-order chi connectivity index (χ1) is 14.5. The molecule has 8 nitrogen and oxygen atoms in total. The van der Waals surface area contributed by atoms with Crippen LogP contribution in [0.3, 0.4) is 0 Å². The number of aliphatic hydroxyl groups is 1. The van der Waals surface area contributed by atoms with Crippen LogP contribution in [0.15, 0.2) is 65.1 Å². The number of aliphatic hydroxyl groups excluding tert-OH is 1. The van der Waals surface area contributed by atoms with Crippen LogP contribution in [0.25, 0.3) is 0 Å². The molecule has 0 atom stereocenters. The van der Waals surface area contributed by atoms with Crippen LogP contribution in [0.5, 0.6) is 0 Å². The molecule has 0 saturated carbocycles. The maximum atomic E-state index is 11.8. The molecule has 154 valence electrons. The van der Waals surface area contributed by atoms with Crippen LogP contribution in [0.1, 0.15) is 53.0 Å². The van der Waals surface area contributed by atoms with Gasteiger partial charge < -0.3 is 19.4 Å². The molecule has 1 aromatic heterocycles. The third kappa shape index (κ3) is 6.54. The Labute approximate surface area is 171 Å². The van der Waals surface area contributed by atoms with Crippen LogP contribution in [0.4, 0.5) is 0 Å². The fraction of sp³-hybridized carbons (Fsp3) is 0.0909. The summed E-state index contributed by atoms with van der Waals surface area (Å²) in [5.41, 5.74) is 1.70. The standard InChI is InChI=1S/C16H12O5.C6H6O3/c17-9-11-1-3-12(4-2-11)10-21-16(20)14-7-5-13(6-8-14)15(18)19;7-3-5-1-2-6(4-8)9-5/h1-9H,10H2,(H,18,19);1-3,8H,4H2. The normalized spacial score (nSPS) is 9.77. The smallest absolute Gasteiger partial charge is 0.338 e. The molecule has 2 aromatic carbocycles. The van der Waals surface area contributed by atoms with E-state index in [0.29, 0.717) is 17.6 Å². The maximum Gasteiger partial charge on any atom is 0.338 e. The van der Waals surface area contributed by atoms with Gasteiger partial charge in [0.25, 0.3) is 0 Å². The molecule has 0 amide bonds. The Balaban J connectivity index is 0.000000297. The number of aromatic carboxylic acids is 1. The van der Waals surface area contributed by atoms with Gasteiger partial charge in [-0.2, -0.15) is 0 Å². The minimum absolute atomic E-state index is 0.0820. The molecule has 0 bridgehead atoms. The number of rotatable bonds is 7. The van der Waals surface area contributed by atoms with Crippen LogP contribution in [-0.2, 0) is 18.0 Å². The SMILES string of the molecule is O=Cc1ccc(CO)o1.O=Cc1ccc(COC(=O)c2ccc(C(=O)O)cc2)cc1. The summed E-state index contributed by atoms with van der Waals surface area (Å²) < 4.78 is 9.88. The lowest BCUT2D eigenvalue weighted by atomic mass is 10.1. The second-order valence-electron chi connectivity index (χ2n) is 5.90. The van der Waals surface area contributed by atoms with E-state index in [1.54, 1.807) is 30.3 Å². The van der Waals surface area contributed by atoms with Crippen molar-refractivity contribution in [2.45, 2.75) is 13.2 Å². The van der Waals surface area contributed by atoms with Crippen LogP contribution in [0.2, 0.25) is 0 Å². The Kier molecular flexibility index (Phi) is 8.22. The molecular weight excluding hydrogens is 392 g/mol. The van der Waals surface area contributed by atoms with Crippen molar-refractivity contribution >= 4 is 24.5 Å². The van der Waals surface area contributed by atoms with Gasteiger partial charge in [0.15, 0.2) is 12.0 Å². The van der Waals surface area contributed by atoms with E-state index in [1.807, 2.05) is 0 Å². The minimum atomic E-state index is -1.05. The van der Waals surface area contributed by atoms with E-state index in [0.717, 1.165) is 11.8 Å². The predicted octanol–water partition coefficient (Wildman–Crippen LogP) is 3.14. The second kappa shape index (κ2) is 11.1. The topological polar surface area (TPSA) is 131 Å². The third-order valence-electron chi connectivity index (χ3n) is 3.81. The fourth-order valence-electron chi connectivity index (χ4n) is 2.22. The largest absolute Gasteiger partial charge is 0.478 e. The molecule has 3 rings (SSSR count). The highest BCUT2D eigenvalue weighted by atomic mass is 16.5. The quantitative estimate of drug-likeness (QED) is 0.449. The molecule has 0 aliphatic rings. The number of carbonyl (C=O) groups excluding carboxylic acids is 3. The Morgan fingerprint density at radius 2 is 1.50 bits per heavy atom. The van der Waals surface area contributed by atoms with Crippen molar-refractivity contribution in [3.8, 4) is 0 Å². The van der Waals surface area contributed by atoms with E-state index in [2.05, 4.69) is 0 Å². The number of hydrogen-bond acceptors (Lipinski definition) is 7. The molecule has 0 spiro atoms. The minimum Gasteiger partial charge on any atom is -0.478 e. The van der Waals surface area contributed by atoms with Crippen LogP contribution < -0.4 is 0 Å². The van der Waals surface area contributed by atoms with Crippen molar-refractivity contribution in [1.29, 1.82) is 0 Å². The first kappa shape index (κ1) is 22.3. The summed E-state index contributed by atoms with van der Waals surface area (Å²) in [6.07, 6.45) is 1.33. The van der Waals surface area contributed by atoms with E-state index >= 15 is 0 Å². The molecule has 30 heavy (non-hydrogen) atoms. The maximum absolute atomic E-state index is 11.8. The van der Waals surface area contributed by atoms with Gasteiger partial charge >= 0.3 is 11.9 Å². The summed E-state index contributed by atoms with van der Waals surface area (Å²) in [5, 5.41) is 17.2. The first-order valence-corrected chi connectivity index (χ1v) is 8.66. The molecule has 3 aromatic rings. The van der Waals surface area contributed by atoms with Crippen LogP contribution in [-0.4, -0.2) is 34.7 Å². The van der Waals surface area contributed by atoms with Gasteiger partial charge in [-0.25, -0.2) is 9.59 Å². The van der Waals surface area contributed by atoms with Crippen molar-refractivity contribution in [3.63, 3.8) is 0 Å². The lowest BCUT2D eigenvalue weighted by Gasteiger charge is -2.05. The van der Waals surface area contributed by atoms with Gasteiger partial charge in [0.2, 0.25) is 0 Å². The number of hydrogen-bond donors (Lipinski definition) is 2. The highest BCUT2D eigenvalue weighted by Crippen LogP contribution is 2.09. The monoisotopic (exact) mass is 410 g/mol. The number of carboxylic acids is 1. The molecule has 0 aliphatic carbocycles. The summed E-state index contributed by atoms with van der Waals surface area (Å²) in [4.78, 5) is 43.0. The van der Waals surface area contributed by atoms with Gasteiger partial charge in [0.05, 0.1) is 11.1 Å². The lowest BCUT2D eigenvalue weighted by Crippen LogP contribution is -2.06. The number of furan rings is 1. The average Bonchev–Trinajstić information content (AvgIpc) is 3.27. The molecule has 0 aliphatic heterocycles. The zero-order chi connectivity index (χ0) is 21.9. The Morgan fingerprint density at radius 3 is 1.97 bits per heavy atom. The molecule has 0 unspecified atom stereocenters. The van der Waals surface area contributed by atoms with Gasteiger partial charge in [0.1, 0.15) is 25.3 Å². The third-order valence-corrected chi connectivity index (χ3v) is 3.81. The van der Waals surface area contributed by atoms with Gasteiger partial charge in [-0.1, -0.05) is 24.3 Å². The molecular formula is C22H18O8. The average molecular weight is 410 g/mol. The van der Waals surface area contributed by atoms with Gasteiger partial charge in [-0.05, 0) is 42.0 Å². The van der Waals surface area contributed by atoms with Gasteiger partial charge in [-0.3, -0.25) is 9.59 Å². The molecule has 8 heteroatoms. The summed E-state index contributed by atoms with van der Waals surface area (Å²) in [6.45, 7) is -0.0769. The van der Waals surface area contributed by atoms with Crippen molar-refractivity contribution in [2.24, 2.45) is 0 Å². The van der Waals surface area contributed by atoms with E-state index in [4.69, 9.17) is 19.4 Å². The van der Waals surface area contributed by atoms with E-state index < -0.39 is 11.9 Å². The van der Waals surface area contributed by atoms with Gasteiger partial charge in [0, 0.05) is 5.56 Å². The van der Waals surface area contributed by atoms with Crippen molar-refractivity contribution in [3.05, 3.63) is 94.4 Å². The number of carbonyl (C=O) groups is 4. The second-order valence-corrected chi connectivity index (χ2v) is 5.90. The molecule has 1 heterocycles. The van der Waals surface area contributed by atoms with E-state index in [1.165, 1.54) is 30.3 Å². The lowest BCUT2D eigenvalue weighted by molar-refractivity contribution is 0.0471. The number of carboxylic acid groups (broad SMARTS) is 1. The summed E-state index contributed by atoms with van der Waals surface area (Å²) in [6, 6.07) is 15.2. The van der Waals surface area contributed by atoms with Crippen molar-refractivity contribution in [2.75, 3.05) is 0 Å².